The largest absolute Gasteiger partial charge is 0.416 e. The van der Waals surface area contributed by atoms with Crippen molar-refractivity contribution in [2.75, 3.05) is 11.9 Å². The van der Waals surface area contributed by atoms with E-state index in [2.05, 4.69) is 15.3 Å². The Labute approximate surface area is 115 Å². The molecule has 2 N–H and O–H groups in total. The highest BCUT2D eigenvalue weighted by Crippen LogP contribution is 2.25. The number of anilines is 1. The molecule has 10 heteroatoms. The predicted molar refractivity (Wildman–Crippen MR) is 66.7 cm³/mol. The van der Waals surface area contributed by atoms with Gasteiger partial charge < -0.3 is 10.4 Å². The van der Waals surface area contributed by atoms with E-state index in [4.69, 9.17) is 5.11 Å². The molecule has 2 rings (SSSR count). The first-order valence-electron chi connectivity index (χ1n) is 5.67. The molecule has 112 valence electrons. The van der Waals surface area contributed by atoms with Crippen LogP contribution in [0, 0.1) is 10.1 Å². The number of halogens is 3. The lowest BCUT2D eigenvalue weighted by molar-refractivity contribution is -0.384. The summed E-state index contributed by atoms with van der Waals surface area (Å²) in [6.07, 6.45) is -6.22. The Morgan fingerprint density at radius 1 is 1.38 bits per heavy atom. The van der Waals surface area contributed by atoms with Gasteiger partial charge in [0.25, 0.3) is 5.69 Å². The van der Waals surface area contributed by atoms with Crippen molar-refractivity contribution in [3.05, 3.63) is 34.6 Å². The maximum Gasteiger partial charge on any atom is 0.416 e. The summed E-state index contributed by atoms with van der Waals surface area (Å²) in [6, 6.07) is 3.74. The molecule has 0 amide bonds. The molecule has 0 aliphatic rings. The molecule has 0 saturated heterocycles. The van der Waals surface area contributed by atoms with Crippen molar-refractivity contribution in [2.45, 2.75) is 12.3 Å². The summed E-state index contributed by atoms with van der Waals surface area (Å²) in [4.78, 5) is 17.7. The predicted octanol–water partition coefficient (Wildman–Crippen LogP) is 1.87. The molecule has 0 aliphatic heterocycles. The third-order valence-corrected chi connectivity index (χ3v) is 2.67. The number of aliphatic hydroxyl groups excluding tert-OH is 1. The molecule has 0 radical (unpaired) electrons. The Morgan fingerprint density at radius 3 is 2.71 bits per heavy atom. The standard InChI is InChI=1S/C11H9F3N4O3/c12-11(13,14)9(19)4-15-10-7-3-6(18(20)21)1-2-8(7)16-5-17-10/h1-3,5,9,19H,4H2,(H,15,16,17). The first kappa shape index (κ1) is 14.9. The molecule has 0 bridgehead atoms. The first-order chi connectivity index (χ1) is 9.79. The second-order valence-corrected chi connectivity index (χ2v) is 4.12. The maximum absolute atomic E-state index is 12.2. The van der Waals surface area contributed by atoms with Gasteiger partial charge in [0.15, 0.2) is 6.10 Å². The number of nitrogens with one attached hydrogen (secondary N) is 1. The number of aliphatic hydroxyl groups is 1. The van der Waals surface area contributed by atoms with Crippen LogP contribution in [0.4, 0.5) is 24.7 Å². The molecule has 7 nitrogen and oxygen atoms in total. The van der Waals surface area contributed by atoms with Crippen LogP contribution >= 0.6 is 0 Å². The van der Waals surface area contributed by atoms with E-state index in [1.165, 1.54) is 12.1 Å². The zero-order valence-corrected chi connectivity index (χ0v) is 10.3. The molecule has 21 heavy (non-hydrogen) atoms. The minimum atomic E-state index is -4.76. The molecule has 1 atom stereocenters. The maximum atomic E-state index is 12.2. The Kier molecular flexibility index (Phi) is 3.89. The summed E-state index contributed by atoms with van der Waals surface area (Å²) >= 11 is 0. The minimum absolute atomic E-state index is 0.0213. The highest BCUT2D eigenvalue weighted by atomic mass is 19.4. The van der Waals surface area contributed by atoms with Crippen LogP contribution < -0.4 is 5.32 Å². The monoisotopic (exact) mass is 302 g/mol. The highest BCUT2D eigenvalue weighted by molar-refractivity contribution is 5.90. The normalized spacial score (nSPS) is 13.1. The second kappa shape index (κ2) is 5.48. The molecule has 1 aromatic heterocycles. The van der Waals surface area contributed by atoms with Gasteiger partial charge in [0.1, 0.15) is 12.1 Å². The van der Waals surface area contributed by atoms with Gasteiger partial charge >= 0.3 is 6.18 Å². The smallest absolute Gasteiger partial charge is 0.382 e. The molecule has 1 aromatic carbocycles. The topological polar surface area (TPSA) is 101 Å². The van der Waals surface area contributed by atoms with E-state index < -0.39 is 23.7 Å². The van der Waals surface area contributed by atoms with Crippen LogP contribution in [0.1, 0.15) is 0 Å². The number of nitrogens with zero attached hydrogens (tertiary/aromatic N) is 3. The Bertz CT molecular complexity index is 677. The summed E-state index contributed by atoms with van der Waals surface area (Å²) in [6.45, 7) is -0.821. The van der Waals surface area contributed by atoms with Crippen LogP contribution in [0.15, 0.2) is 24.5 Å². The van der Waals surface area contributed by atoms with E-state index >= 15 is 0 Å². The fraction of sp³-hybridized carbons (Fsp3) is 0.273. The molecule has 0 fully saturated rings. The van der Waals surface area contributed by atoms with Gasteiger partial charge in [-0.05, 0) is 6.07 Å². The van der Waals surface area contributed by atoms with Crippen LogP contribution in [-0.2, 0) is 0 Å². The van der Waals surface area contributed by atoms with Gasteiger partial charge in [0.2, 0.25) is 0 Å². The average Bonchev–Trinajstić information content (AvgIpc) is 2.42. The van der Waals surface area contributed by atoms with Crippen molar-refractivity contribution in [3.63, 3.8) is 0 Å². The number of hydrogen-bond donors (Lipinski definition) is 2. The van der Waals surface area contributed by atoms with Gasteiger partial charge in [-0.2, -0.15) is 13.2 Å². The van der Waals surface area contributed by atoms with Crippen molar-refractivity contribution in [1.82, 2.24) is 9.97 Å². The molecular weight excluding hydrogens is 293 g/mol. The zero-order chi connectivity index (χ0) is 15.6. The van der Waals surface area contributed by atoms with E-state index in [9.17, 15) is 23.3 Å². The summed E-state index contributed by atoms with van der Waals surface area (Å²) in [7, 11) is 0. The summed E-state index contributed by atoms with van der Waals surface area (Å²) in [5, 5.41) is 22.1. The summed E-state index contributed by atoms with van der Waals surface area (Å²) in [5.74, 6) is -0.0213. The van der Waals surface area contributed by atoms with Crippen molar-refractivity contribution in [2.24, 2.45) is 0 Å². The Morgan fingerprint density at radius 2 is 2.10 bits per heavy atom. The number of nitro benzene ring substituents is 1. The van der Waals surface area contributed by atoms with E-state index in [1.54, 1.807) is 0 Å². The molecular formula is C11H9F3N4O3. The van der Waals surface area contributed by atoms with Crippen molar-refractivity contribution in [3.8, 4) is 0 Å². The van der Waals surface area contributed by atoms with E-state index in [1.807, 2.05) is 0 Å². The molecule has 0 aliphatic carbocycles. The van der Waals surface area contributed by atoms with E-state index in [0.717, 1.165) is 12.4 Å². The van der Waals surface area contributed by atoms with Gasteiger partial charge in [-0.3, -0.25) is 10.1 Å². The van der Waals surface area contributed by atoms with E-state index in [0.29, 0.717) is 5.52 Å². The van der Waals surface area contributed by atoms with Crippen molar-refractivity contribution < 1.29 is 23.2 Å². The molecule has 0 saturated carbocycles. The number of alkyl halides is 3. The number of nitro groups is 1. The van der Waals surface area contributed by atoms with Crippen molar-refractivity contribution >= 4 is 22.4 Å². The summed E-state index contributed by atoms with van der Waals surface area (Å²) < 4.78 is 36.7. The number of rotatable bonds is 4. The summed E-state index contributed by atoms with van der Waals surface area (Å²) in [5.41, 5.74) is 0.0938. The van der Waals surface area contributed by atoms with Crippen LogP contribution in [0.3, 0.4) is 0 Å². The fourth-order valence-electron chi connectivity index (χ4n) is 1.61. The van der Waals surface area contributed by atoms with Crippen LogP contribution in [0.5, 0.6) is 0 Å². The van der Waals surface area contributed by atoms with E-state index in [-0.39, 0.29) is 16.9 Å². The molecule has 1 unspecified atom stereocenters. The van der Waals surface area contributed by atoms with Gasteiger partial charge in [0.05, 0.1) is 17.0 Å². The fourth-order valence-corrected chi connectivity index (χ4v) is 1.61. The third kappa shape index (κ3) is 3.34. The lowest BCUT2D eigenvalue weighted by Crippen LogP contribution is -2.35. The van der Waals surface area contributed by atoms with Gasteiger partial charge in [-0.25, -0.2) is 9.97 Å². The van der Waals surface area contributed by atoms with Crippen molar-refractivity contribution in [1.29, 1.82) is 0 Å². The highest BCUT2D eigenvalue weighted by Gasteiger charge is 2.38. The number of benzene rings is 1. The number of fused-ring (bicyclic) bond motifs is 1. The number of aromatic nitrogens is 2. The SMILES string of the molecule is O=[N+]([O-])c1ccc2ncnc(NCC(O)C(F)(F)F)c2c1. The Hall–Kier alpha value is -2.49. The third-order valence-electron chi connectivity index (χ3n) is 2.67. The zero-order valence-electron chi connectivity index (χ0n) is 10.3. The van der Waals surface area contributed by atoms with Crippen LogP contribution in [0.25, 0.3) is 10.9 Å². The Balaban J connectivity index is 2.31. The number of non-ortho nitro benzene ring substituents is 1. The van der Waals surface area contributed by atoms with Gasteiger partial charge in [-0.15, -0.1) is 0 Å². The molecule has 1 heterocycles. The quantitative estimate of drug-likeness (QED) is 0.660. The van der Waals surface area contributed by atoms with Gasteiger partial charge in [-0.1, -0.05) is 0 Å². The van der Waals surface area contributed by atoms with Crippen LogP contribution in [-0.4, -0.2) is 38.8 Å². The number of hydrogen-bond acceptors (Lipinski definition) is 6. The molecule has 2 aromatic rings. The lowest BCUT2D eigenvalue weighted by atomic mass is 10.2. The molecule has 0 spiro atoms. The lowest BCUT2D eigenvalue weighted by Gasteiger charge is -2.15. The average molecular weight is 302 g/mol. The first-order valence-corrected chi connectivity index (χ1v) is 5.67. The van der Waals surface area contributed by atoms with Crippen LogP contribution in [0.2, 0.25) is 0 Å². The van der Waals surface area contributed by atoms with Gasteiger partial charge in [0, 0.05) is 17.5 Å². The minimum Gasteiger partial charge on any atom is -0.382 e. The second-order valence-electron chi connectivity index (χ2n) is 4.12.